The van der Waals surface area contributed by atoms with Crippen molar-refractivity contribution in [2.45, 2.75) is 49.9 Å². The molecule has 1 heterocycles. The summed E-state index contributed by atoms with van der Waals surface area (Å²) in [5.41, 5.74) is -0.0934. The molecule has 0 aliphatic carbocycles. The van der Waals surface area contributed by atoms with Crippen molar-refractivity contribution in [3.8, 4) is 0 Å². The zero-order valence-corrected chi connectivity index (χ0v) is 26.7. The van der Waals surface area contributed by atoms with E-state index in [0.29, 0.717) is 5.69 Å². The van der Waals surface area contributed by atoms with Crippen LogP contribution in [0.3, 0.4) is 0 Å². The van der Waals surface area contributed by atoms with Gasteiger partial charge in [0.1, 0.15) is 16.9 Å². The predicted molar refractivity (Wildman–Crippen MR) is 176 cm³/mol. The molecule has 4 aromatic rings. The molecule has 232 valence electrons. The maximum atomic E-state index is 15.6. The van der Waals surface area contributed by atoms with Gasteiger partial charge in [0.05, 0.1) is 28.0 Å². The van der Waals surface area contributed by atoms with Crippen LogP contribution in [-0.4, -0.2) is 27.4 Å². The van der Waals surface area contributed by atoms with E-state index in [1.165, 1.54) is 12.1 Å². The molecule has 1 aliphatic rings. The summed E-state index contributed by atoms with van der Waals surface area (Å²) in [5.74, 6) is -1.78. The smallest absolute Gasteiger partial charge is 0.333 e. The summed E-state index contributed by atoms with van der Waals surface area (Å²) < 4.78 is 36.7. The summed E-state index contributed by atoms with van der Waals surface area (Å²) in [6, 6.07) is 33.0. The van der Waals surface area contributed by atoms with Crippen molar-refractivity contribution in [3.05, 3.63) is 149 Å². The number of hydrogen-bond donors (Lipinski definition) is 1. The minimum absolute atomic E-state index is 0.00889. The second-order valence-corrected chi connectivity index (χ2v) is 14.0. The fraction of sp³-hybridized carbons (Fsp3) is 0.243. The molecule has 6 nitrogen and oxygen atoms in total. The molecule has 4 aromatic carbocycles. The third-order valence-corrected chi connectivity index (χ3v) is 9.65. The molecule has 0 aromatic heterocycles. The molecular formula is C37H37FN2O4S. The highest BCUT2D eigenvalue weighted by molar-refractivity contribution is 7.84. The topological polar surface area (TPSA) is 75.7 Å². The van der Waals surface area contributed by atoms with Gasteiger partial charge in [-0.2, -0.15) is 0 Å². The van der Waals surface area contributed by atoms with Crippen molar-refractivity contribution < 1.29 is 22.9 Å². The van der Waals surface area contributed by atoms with Crippen LogP contribution in [0.25, 0.3) is 0 Å². The van der Waals surface area contributed by atoms with Crippen molar-refractivity contribution in [3.63, 3.8) is 0 Å². The Kier molecular flexibility index (Phi) is 8.92. The van der Waals surface area contributed by atoms with E-state index in [-0.39, 0.29) is 24.2 Å². The summed E-state index contributed by atoms with van der Waals surface area (Å²) in [7, 11) is -1.82. The molecule has 1 unspecified atom stereocenters. The molecule has 0 spiro atoms. The first-order valence-corrected chi connectivity index (χ1v) is 16.0. The molecule has 8 heteroatoms. The van der Waals surface area contributed by atoms with Crippen molar-refractivity contribution in [2.24, 2.45) is 0 Å². The number of rotatable bonds is 10. The lowest BCUT2D eigenvalue weighted by molar-refractivity contribution is -0.138. The highest BCUT2D eigenvalue weighted by Gasteiger charge is 2.60. The largest absolute Gasteiger partial charge is 0.463 e. The molecule has 0 saturated carbocycles. The van der Waals surface area contributed by atoms with Crippen LogP contribution in [0.2, 0.25) is 0 Å². The molecule has 1 amide bonds. The van der Waals surface area contributed by atoms with Gasteiger partial charge in [-0.3, -0.25) is 9.69 Å². The van der Waals surface area contributed by atoms with Gasteiger partial charge < -0.3 is 4.74 Å². The number of benzene rings is 4. The average Bonchev–Trinajstić information content (AvgIpc) is 3.25. The SMILES string of the molecule is C=C(C[C@@]1(NS(=O)C(C)(C)C)C(=O)N(C(c2ccccc2)(c2ccccc2)c2ccccc2)c2ccc(F)cc21)C(=O)OCC. The van der Waals surface area contributed by atoms with Crippen LogP contribution in [-0.2, 0) is 36.4 Å². The summed E-state index contributed by atoms with van der Waals surface area (Å²) in [6.07, 6.45) is -0.298. The highest BCUT2D eigenvalue weighted by Crippen LogP contribution is 2.54. The van der Waals surface area contributed by atoms with Crippen molar-refractivity contribution in [1.82, 2.24) is 4.72 Å². The third-order valence-electron chi connectivity index (χ3n) is 8.00. The number of hydrogen-bond acceptors (Lipinski definition) is 4. The number of anilines is 1. The minimum atomic E-state index is -1.83. The summed E-state index contributed by atoms with van der Waals surface area (Å²) in [6.45, 7) is 11.1. The highest BCUT2D eigenvalue weighted by atomic mass is 32.2. The number of esters is 1. The summed E-state index contributed by atoms with van der Waals surface area (Å²) in [5, 5.41) is 0. The van der Waals surface area contributed by atoms with E-state index in [1.54, 1.807) is 38.7 Å². The van der Waals surface area contributed by atoms with Crippen LogP contribution in [0.1, 0.15) is 56.4 Å². The van der Waals surface area contributed by atoms with Crippen molar-refractivity contribution >= 4 is 28.5 Å². The minimum Gasteiger partial charge on any atom is -0.463 e. The third kappa shape index (κ3) is 5.64. The van der Waals surface area contributed by atoms with Gasteiger partial charge in [-0.1, -0.05) is 97.6 Å². The van der Waals surface area contributed by atoms with E-state index in [2.05, 4.69) is 11.3 Å². The quantitative estimate of drug-likeness (QED) is 0.118. The lowest BCUT2D eigenvalue weighted by Crippen LogP contribution is -2.59. The van der Waals surface area contributed by atoms with Gasteiger partial charge in [-0.25, -0.2) is 18.1 Å². The van der Waals surface area contributed by atoms with E-state index in [1.807, 2.05) is 91.0 Å². The Bertz CT molecular complexity index is 1640. The van der Waals surface area contributed by atoms with E-state index >= 15 is 9.18 Å². The van der Waals surface area contributed by atoms with Crippen LogP contribution in [0.15, 0.2) is 121 Å². The Morgan fingerprint density at radius 1 is 0.889 bits per heavy atom. The zero-order chi connectivity index (χ0) is 32.4. The number of nitrogens with zero attached hydrogens (tertiary/aromatic N) is 1. The summed E-state index contributed by atoms with van der Waals surface area (Å²) >= 11 is 0. The van der Waals surface area contributed by atoms with Gasteiger partial charge in [0, 0.05) is 17.6 Å². The zero-order valence-electron chi connectivity index (χ0n) is 25.9. The molecule has 0 bridgehead atoms. The Morgan fingerprint density at radius 2 is 1.38 bits per heavy atom. The first kappa shape index (κ1) is 32.0. The molecule has 1 aliphatic heterocycles. The van der Waals surface area contributed by atoms with Crippen molar-refractivity contribution in [1.29, 1.82) is 0 Å². The molecule has 0 fully saturated rings. The second-order valence-electron chi connectivity index (χ2n) is 12.0. The number of fused-ring (bicyclic) bond motifs is 1. The van der Waals surface area contributed by atoms with Crippen LogP contribution in [0.4, 0.5) is 10.1 Å². The molecule has 5 rings (SSSR count). The normalized spacial score (nSPS) is 17.1. The first-order valence-electron chi connectivity index (χ1n) is 14.8. The van der Waals surface area contributed by atoms with Gasteiger partial charge >= 0.3 is 5.97 Å². The monoisotopic (exact) mass is 624 g/mol. The lowest BCUT2D eigenvalue weighted by atomic mass is 9.75. The molecular weight excluding hydrogens is 587 g/mol. The van der Waals surface area contributed by atoms with E-state index in [9.17, 15) is 9.00 Å². The standard InChI is InChI=1S/C37H37FN2O4S/c1-6-44-33(41)26(2)25-36(39-45(43)35(3,4)5)31-24-30(38)22-23-32(31)40(34(36)42)37(27-16-10-7-11-17-27,28-18-12-8-13-19-28)29-20-14-9-15-21-29/h7-24,39H,2,6,25H2,1,3-5H3/t36-,45?/m0/s1. The van der Waals surface area contributed by atoms with E-state index < -0.39 is 44.5 Å². The summed E-state index contributed by atoms with van der Waals surface area (Å²) in [4.78, 5) is 30.2. The fourth-order valence-electron chi connectivity index (χ4n) is 5.96. The van der Waals surface area contributed by atoms with Crippen LogP contribution in [0.5, 0.6) is 0 Å². The molecule has 1 N–H and O–H groups in total. The van der Waals surface area contributed by atoms with Gasteiger partial charge in [-0.05, 0) is 62.6 Å². The molecule has 0 saturated heterocycles. The lowest BCUT2D eigenvalue weighted by Gasteiger charge is -2.45. The van der Waals surface area contributed by atoms with Gasteiger partial charge in [0.15, 0.2) is 0 Å². The molecule has 45 heavy (non-hydrogen) atoms. The second kappa shape index (κ2) is 12.5. The molecule has 0 radical (unpaired) electrons. The van der Waals surface area contributed by atoms with Crippen LogP contribution < -0.4 is 9.62 Å². The van der Waals surface area contributed by atoms with E-state index in [0.717, 1.165) is 16.7 Å². The number of carbonyl (C=O) groups excluding carboxylic acids is 2. The van der Waals surface area contributed by atoms with Crippen LogP contribution in [0, 0.1) is 5.82 Å². The Balaban J connectivity index is 1.89. The number of carbonyl (C=O) groups is 2. The Hall–Kier alpha value is -4.40. The average molecular weight is 625 g/mol. The molecule has 2 atom stereocenters. The fourth-order valence-corrected chi connectivity index (χ4v) is 6.85. The van der Waals surface area contributed by atoms with Gasteiger partial charge in [0.25, 0.3) is 5.91 Å². The predicted octanol–water partition coefficient (Wildman–Crippen LogP) is 6.92. The number of nitrogens with one attached hydrogen (secondary N) is 1. The van der Waals surface area contributed by atoms with E-state index in [4.69, 9.17) is 4.74 Å². The number of ether oxygens (including phenoxy) is 1. The Labute approximate surface area is 266 Å². The van der Waals surface area contributed by atoms with Crippen LogP contribution >= 0.6 is 0 Å². The number of halogens is 1. The number of amides is 1. The maximum absolute atomic E-state index is 15.6. The first-order chi connectivity index (χ1) is 21.5. The Morgan fingerprint density at radius 3 is 1.82 bits per heavy atom. The van der Waals surface area contributed by atoms with Crippen molar-refractivity contribution in [2.75, 3.05) is 11.5 Å². The maximum Gasteiger partial charge on any atom is 0.333 e. The van der Waals surface area contributed by atoms with Gasteiger partial charge in [-0.15, -0.1) is 0 Å². The van der Waals surface area contributed by atoms with Gasteiger partial charge in [0.2, 0.25) is 0 Å².